The Bertz CT molecular complexity index is 542. The van der Waals surface area contributed by atoms with Gasteiger partial charge in [-0.05, 0) is 6.07 Å². The zero-order valence-electron chi connectivity index (χ0n) is 9.53. The van der Waals surface area contributed by atoms with Crippen molar-refractivity contribution in [2.75, 3.05) is 17.7 Å². The van der Waals surface area contributed by atoms with Crippen LogP contribution in [-0.4, -0.2) is 23.3 Å². The zero-order chi connectivity index (χ0) is 13.0. The molecule has 0 bridgehead atoms. The molecule has 6 nitrogen and oxygen atoms in total. The first-order chi connectivity index (χ1) is 8.67. The van der Waals surface area contributed by atoms with Gasteiger partial charge in [-0.3, -0.25) is 5.10 Å². The standard InChI is InChI=1S/C11H11FN4O2/c1-18-10-3-7(12)2-8(4-10)15-11(17)16-9-5-13-14-6-9/h2-6H,1H3,(H,13,14)(H2,15,16,17). The summed E-state index contributed by atoms with van der Waals surface area (Å²) in [5.41, 5.74) is 0.809. The summed E-state index contributed by atoms with van der Waals surface area (Å²) < 4.78 is 18.1. The number of rotatable bonds is 3. The van der Waals surface area contributed by atoms with Crippen LogP contribution < -0.4 is 15.4 Å². The molecule has 94 valence electrons. The van der Waals surface area contributed by atoms with Gasteiger partial charge in [0.2, 0.25) is 0 Å². The summed E-state index contributed by atoms with van der Waals surface area (Å²) in [7, 11) is 1.42. The molecule has 1 aromatic carbocycles. The second-order valence-corrected chi connectivity index (χ2v) is 3.45. The highest BCUT2D eigenvalue weighted by Gasteiger charge is 2.06. The number of amides is 2. The molecule has 7 heteroatoms. The third-order valence-corrected chi connectivity index (χ3v) is 2.12. The fraction of sp³-hybridized carbons (Fsp3) is 0.0909. The van der Waals surface area contributed by atoms with Gasteiger partial charge < -0.3 is 15.4 Å². The molecule has 2 rings (SSSR count). The predicted octanol–water partition coefficient (Wildman–Crippen LogP) is 2.20. The minimum Gasteiger partial charge on any atom is -0.497 e. The van der Waals surface area contributed by atoms with Crippen molar-refractivity contribution in [2.24, 2.45) is 0 Å². The molecule has 2 aromatic rings. The average Bonchev–Trinajstić information content (AvgIpc) is 2.80. The van der Waals surface area contributed by atoms with E-state index in [4.69, 9.17) is 4.74 Å². The summed E-state index contributed by atoms with van der Waals surface area (Å²) in [5, 5.41) is 11.2. The van der Waals surface area contributed by atoms with Crippen LogP contribution in [0.2, 0.25) is 0 Å². The van der Waals surface area contributed by atoms with Crippen molar-refractivity contribution >= 4 is 17.4 Å². The molecule has 18 heavy (non-hydrogen) atoms. The van der Waals surface area contributed by atoms with Gasteiger partial charge in [0.15, 0.2) is 0 Å². The lowest BCUT2D eigenvalue weighted by molar-refractivity contribution is 0.262. The van der Waals surface area contributed by atoms with Crippen LogP contribution in [0.3, 0.4) is 0 Å². The van der Waals surface area contributed by atoms with Crippen molar-refractivity contribution < 1.29 is 13.9 Å². The van der Waals surface area contributed by atoms with Crippen molar-refractivity contribution in [3.05, 3.63) is 36.4 Å². The maximum Gasteiger partial charge on any atom is 0.323 e. The lowest BCUT2D eigenvalue weighted by Gasteiger charge is -2.07. The molecule has 2 amide bonds. The average molecular weight is 250 g/mol. The van der Waals surface area contributed by atoms with Gasteiger partial charge in [-0.2, -0.15) is 5.10 Å². The number of anilines is 2. The summed E-state index contributed by atoms with van der Waals surface area (Å²) in [5.74, 6) is -0.165. The van der Waals surface area contributed by atoms with E-state index in [1.807, 2.05) is 0 Å². The summed E-state index contributed by atoms with van der Waals surface area (Å²) >= 11 is 0. The van der Waals surface area contributed by atoms with Crippen LogP contribution in [0.15, 0.2) is 30.6 Å². The van der Waals surface area contributed by atoms with Crippen LogP contribution >= 0.6 is 0 Å². The Labute approximate surface area is 102 Å². The fourth-order valence-corrected chi connectivity index (χ4v) is 1.37. The number of aromatic amines is 1. The lowest BCUT2D eigenvalue weighted by Crippen LogP contribution is -2.19. The number of carbonyl (C=O) groups is 1. The van der Waals surface area contributed by atoms with Gasteiger partial charge in [-0.25, -0.2) is 9.18 Å². The number of nitrogens with one attached hydrogen (secondary N) is 3. The predicted molar refractivity (Wildman–Crippen MR) is 64.2 cm³/mol. The number of carbonyl (C=O) groups excluding carboxylic acids is 1. The maximum absolute atomic E-state index is 13.2. The molecular weight excluding hydrogens is 239 g/mol. The fourth-order valence-electron chi connectivity index (χ4n) is 1.37. The van der Waals surface area contributed by atoms with E-state index in [1.54, 1.807) is 0 Å². The van der Waals surface area contributed by atoms with Gasteiger partial charge in [0.25, 0.3) is 0 Å². The number of urea groups is 1. The first-order valence-corrected chi connectivity index (χ1v) is 5.09. The molecule has 0 aliphatic heterocycles. The third-order valence-electron chi connectivity index (χ3n) is 2.12. The first kappa shape index (κ1) is 11.9. The highest BCUT2D eigenvalue weighted by Crippen LogP contribution is 2.19. The first-order valence-electron chi connectivity index (χ1n) is 5.09. The molecule has 0 aliphatic rings. The summed E-state index contributed by atoms with van der Waals surface area (Å²) in [4.78, 5) is 11.6. The molecule has 1 aromatic heterocycles. The molecule has 0 unspecified atom stereocenters. The van der Waals surface area contributed by atoms with E-state index in [9.17, 15) is 9.18 Å². The van der Waals surface area contributed by atoms with Crippen molar-refractivity contribution in [2.45, 2.75) is 0 Å². The number of nitrogens with zero attached hydrogens (tertiary/aromatic N) is 1. The van der Waals surface area contributed by atoms with Gasteiger partial charge in [0.1, 0.15) is 11.6 Å². The second kappa shape index (κ2) is 5.17. The van der Waals surface area contributed by atoms with Gasteiger partial charge in [-0.1, -0.05) is 0 Å². The number of hydrogen-bond acceptors (Lipinski definition) is 3. The normalized spacial score (nSPS) is 9.89. The Morgan fingerprint density at radius 1 is 1.33 bits per heavy atom. The monoisotopic (exact) mass is 250 g/mol. The molecule has 0 fully saturated rings. The van der Waals surface area contributed by atoms with Gasteiger partial charge in [0.05, 0.1) is 19.0 Å². The molecule has 0 aliphatic carbocycles. The Kier molecular flexibility index (Phi) is 3.42. The van der Waals surface area contributed by atoms with Crippen LogP contribution in [0, 0.1) is 5.82 Å². The van der Waals surface area contributed by atoms with Crippen LogP contribution in [0.5, 0.6) is 5.75 Å². The zero-order valence-corrected chi connectivity index (χ0v) is 9.53. The largest absolute Gasteiger partial charge is 0.497 e. The van der Waals surface area contributed by atoms with E-state index in [0.717, 1.165) is 0 Å². The number of methoxy groups -OCH3 is 1. The SMILES string of the molecule is COc1cc(F)cc(NC(=O)Nc2cn[nH]c2)c1. The number of halogens is 1. The number of aromatic nitrogens is 2. The van der Waals surface area contributed by atoms with Gasteiger partial charge in [0, 0.05) is 24.0 Å². The highest BCUT2D eigenvalue weighted by molar-refractivity contribution is 5.99. The number of hydrogen-bond donors (Lipinski definition) is 3. The van der Waals surface area contributed by atoms with E-state index in [0.29, 0.717) is 17.1 Å². The van der Waals surface area contributed by atoms with Crippen LogP contribution in [-0.2, 0) is 0 Å². The minimum absolute atomic E-state index is 0.299. The maximum atomic E-state index is 13.2. The summed E-state index contributed by atoms with van der Waals surface area (Å²) in [6.45, 7) is 0. The number of benzene rings is 1. The van der Waals surface area contributed by atoms with E-state index in [2.05, 4.69) is 20.8 Å². The Balaban J connectivity index is 2.04. The molecular formula is C11H11FN4O2. The number of H-pyrrole nitrogens is 1. The summed E-state index contributed by atoms with van der Waals surface area (Å²) in [6.07, 6.45) is 2.97. The lowest BCUT2D eigenvalue weighted by atomic mass is 10.3. The van der Waals surface area contributed by atoms with Crippen LogP contribution in [0.1, 0.15) is 0 Å². The molecule has 0 radical (unpaired) electrons. The van der Waals surface area contributed by atoms with Crippen molar-refractivity contribution in [3.63, 3.8) is 0 Å². The van der Waals surface area contributed by atoms with E-state index >= 15 is 0 Å². The molecule has 3 N–H and O–H groups in total. The molecule has 0 saturated carbocycles. The van der Waals surface area contributed by atoms with E-state index in [1.165, 1.54) is 37.7 Å². The smallest absolute Gasteiger partial charge is 0.323 e. The van der Waals surface area contributed by atoms with Crippen molar-refractivity contribution in [1.82, 2.24) is 10.2 Å². The van der Waals surface area contributed by atoms with Crippen LogP contribution in [0.4, 0.5) is 20.6 Å². The Hall–Kier alpha value is -2.57. The molecule has 0 atom stereocenters. The van der Waals surface area contributed by atoms with Crippen molar-refractivity contribution in [3.8, 4) is 5.75 Å². The summed E-state index contributed by atoms with van der Waals surface area (Å²) in [6, 6.07) is 3.43. The van der Waals surface area contributed by atoms with E-state index in [-0.39, 0.29) is 0 Å². The highest BCUT2D eigenvalue weighted by atomic mass is 19.1. The molecule has 1 heterocycles. The molecule has 0 spiro atoms. The Morgan fingerprint density at radius 3 is 2.78 bits per heavy atom. The van der Waals surface area contributed by atoms with Gasteiger partial charge >= 0.3 is 6.03 Å². The van der Waals surface area contributed by atoms with Gasteiger partial charge in [-0.15, -0.1) is 0 Å². The third kappa shape index (κ3) is 2.97. The quantitative estimate of drug-likeness (QED) is 0.781. The minimum atomic E-state index is -0.496. The van der Waals surface area contributed by atoms with Crippen molar-refractivity contribution in [1.29, 1.82) is 0 Å². The topological polar surface area (TPSA) is 79.0 Å². The molecule has 0 saturated heterocycles. The van der Waals surface area contributed by atoms with Crippen LogP contribution in [0.25, 0.3) is 0 Å². The van der Waals surface area contributed by atoms with E-state index < -0.39 is 11.8 Å². The second-order valence-electron chi connectivity index (χ2n) is 3.45. The number of ether oxygens (including phenoxy) is 1. The Morgan fingerprint density at radius 2 is 2.11 bits per heavy atom.